The van der Waals surface area contributed by atoms with E-state index in [2.05, 4.69) is 4.74 Å². The Kier molecular flexibility index (Phi) is 4.97. The summed E-state index contributed by atoms with van der Waals surface area (Å²) in [4.78, 5) is 0. The van der Waals surface area contributed by atoms with Gasteiger partial charge in [-0.15, -0.1) is 0 Å². The van der Waals surface area contributed by atoms with Crippen molar-refractivity contribution < 1.29 is 31.4 Å². The van der Waals surface area contributed by atoms with Crippen LogP contribution in [0.2, 0.25) is 0 Å². The minimum absolute atomic E-state index is 0.0384. The summed E-state index contributed by atoms with van der Waals surface area (Å²) >= 11 is 0. The van der Waals surface area contributed by atoms with E-state index < -0.39 is 28.2 Å². The summed E-state index contributed by atoms with van der Waals surface area (Å²) < 4.78 is 61.9. The molecule has 0 saturated carbocycles. The Morgan fingerprint density at radius 1 is 1.47 bits per heavy atom. The molecule has 0 aliphatic carbocycles. The fourth-order valence-corrected chi connectivity index (χ4v) is 1.54. The Morgan fingerprint density at radius 2 is 1.93 bits per heavy atom. The Bertz CT molecular complexity index is 289. The van der Waals surface area contributed by atoms with E-state index in [1.165, 1.54) is 7.11 Å². The van der Waals surface area contributed by atoms with E-state index in [1.54, 1.807) is 0 Å². The molecular weight excluding hydrogens is 239 g/mol. The highest BCUT2D eigenvalue weighted by Crippen LogP contribution is 2.25. The van der Waals surface area contributed by atoms with E-state index in [4.69, 9.17) is 5.11 Å². The lowest BCUT2D eigenvalue weighted by Crippen LogP contribution is -2.42. The van der Waals surface area contributed by atoms with Crippen molar-refractivity contribution in [3.05, 3.63) is 0 Å². The number of nitrogens with zero attached hydrogens (tertiary/aromatic N) is 1. The van der Waals surface area contributed by atoms with Gasteiger partial charge in [0.15, 0.2) is 0 Å². The molecule has 0 saturated heterocycles. The molecule has 1 N–H and O–H groups in total. The second-order valence-corrected chi connectivity index (χ2v) is 4.88. The number of hydrogen-bond acceptors (Lipinski definition) is 4. The predicted octanol–water partition coefficient (Wildman–Crippen LogP) is -0.225. The quantitative estimate of drug-likeness (QED) is 0.733. The van der Waals surface area contributed by atoms with Gasteiger partial charge in [-0.25, -0.2) is 8.42 Å². The van der Waals surface area contributed by atoms with Gasteiger partial charge < -0.3 is 9.84 Å². The fraction of sp³-hybridized carbons (Fsp3) is 1.00. The molecule has 1 unspecified atom stereocenters. The van der Waals surface area contributed by atoms with Crippen molar-refractivity contribution in [2.24, 2.45) is 0 Å². The molecule has 1 atom stereocenters. The minimum atomic E-state index is -5.37. The monoisotopic (exact) mass is 251 g/mol. The predicted molar refractivity (Wildman–Crippen MR) is 45.5 cm³/mol. The zero-order chi connectivity index (χ0) is 12.3. The van der Waals surface area contributed by atoms with Crippen LogP contribution in [0, 0.1) is 0 Å². The minimum Gasteiger partial charge on any atom is -0.389 e. The summed E-state index contributed by atoms with van der Waals surface area (Å²) in [5, 5.41) is 9.05. The zero-order valence-electron chi connectivity index (χ0n) is 8.15. The highest BCUT2D eigenvalue weighted by Gasteiger charge is 2.48. The fourth-order valence-electron chi connectivity index (χ4n) is 0.817. The van der Waals surface area contributed by atoms with Gasteiger partial charge in [0.25, 0.3) is 0 Å². The van der Waals surface area contributed by atoms with Gasteiger partial charge in [-0.3, -0.25) is 0 Å². The second kappa shape index (κ2) is 5.10. The lowest BCUT2D eigenvalue weighted by molar-refractivity contribution is -0.0495. The van der Waals surface area contributed by atoms with Crippen LogP contribution in [-0.2, 0) is 14.8 Å². The third kappa shape index (κ3) is 3.93. The maximum Gasteiger partial charge on any atom is 0.511 e. The number of aliphatic hydroxyl groups excluding tert-OH is 1. The van der Waals surface area contributed by atoms with Crippen molar-refractivity contribution in [3.63, 3.8) is 0 Å². The van der Waals surface area contributed by atoms with Gasteiger partial charge in [-0.05, 0) is 0 Å². The first-order valence-corrected chi connectivity index (χ1v) is 5.26. The van der Waals surface area contributed by atoms with Gasteiger partial charge in [-0.1, -0.05) is 0 Å². The summed E-state index contributed by atoms with van der Waals surface area (Å²) in [6.45, 7) is -0.909. The lowest BCUT2D eigenvalue weighted by Gasteiger charge is -2.21. The van der Waals surface area contributed by atoms with Crippen LogP contribution in [0.15, 0.2) is 0 Å². The number of rotatable bonds is 5. The molecule has 92 valence electrons. The third-order valence-electron chi connectivity index (χ3n) is 1.53. The van der Waals surface area contributed by atoms with E-state index in [0.717, 1.165) is 7.05 Å². The number of aliphatic hydroxyl groups is 1. The molecule has 9 heteroatoms. The summed E-state index contributed by atoms with van der Waals surface area (Å²) in [5.41, 5.74) is -5.35. The molecule has 0 amide bonds. The molecule has 0 aromatic heterocycles. The smallest absolute Gasteiger partial charge is 0.389 e. The first-order valence-electron chi connectivity index (χ1n) is 3.82. The number of alkyl halides is 3. The van der Waals surface area contributed by atoms with E-state index in [1.807, 2.05) is 0 Å². The number of sulfonamides is 1. The first-order chi connectivity index (χ1) is 6.63. The molecule has 0 spiro atoms. The molecule has 5 nitrogen and oxygen atoms in total. The van der Waals surface area contributed by atoms with E-state index in [0.29, 0.717) is 0 Å². The van der Waals surface area contributed by atoms with Crippen LogP contribution in [0.3, 0.4) is 0 Å². The van der Waals surface area contributed by atoms with Gasteiger partial charge in [0, 0.05) is 20.7 Å². The number of methoxy groups -OCH3 is 1. The highest BCUT2D eigenvalue weighted by atomic mass is 32.2. The van der Waals surface area contributed by atoms with Crippen LogP contribution < -0.4 is 0 Å². The summed E-state index contributed by atoms with van der Waals surface area (Å²) in [5.74, 6) is 0. The molecule has 0 aliphatic rings. The van der Waals surface area contributed by atoms with Crippen molar-refractivity contribution in [2.45, 2.75) is 11.6 Å². The van der Waals surface area contributed by atoms with E-state index >= 15 is 0 Å². The van der Waals surface area contributed by atoms with Crippen molar-refractivity contribution in [2.75, 3.05) is 27.3 Å². The lowest BCUT2D eigenvalue weighted by atomic mass is 10.4. The van der Waals surface area contributed by atoms with Crippen LogP contribution in [0.25, 0.3) is 0 Å². The molecule has 0 aromatic rings. The number of hydrogen-bond donors (Lipinski definition) is 1. The zero-order valence-corrected chi connectivity index (χ0v) is 8.97. The summed E-state index contributed by atoms with van der Waals surface area (Å²) in [6, 6.07) is 0. The van der Waals surface area contributed by atoms with Crippen LogP contribution in [0.1, 0.15) is 0 Å². The molecule has 0 bridgehead atoms. The molecule has 0 aromatic carbocycles. The number of likely N-dealkylation sites (N-methyl/N-ethyl adjacent to an activating group) is 1. The first kappa shape index (κ1) is 14.6. The molecule has 0 rings (SSSR count). The van der Waals surface area contributed by atoms with Crippen molar-refractivity contribution in [1.29, 1.82) is 0 Å². The van der Waals surface area contributed by atoms with Crippen molar-refractivity contribution in [1.82, 2.24) is 4.31 Å². The molecule has 0 fully saturated rings. The second-order valence-electron chi connectivity index (χ2n) is 2.84. The van der Waals surface area contributed by atoms with Gasteiger partial charge in [0.1, 0.15) is 0 Å². The van der Waals surface area contributed by atoms with E-state index in [9.17, 15) is 21.6 Å². The standard InChI is InChI=1S/C6H12F3NO4S/c1-10(3-5(11)4-14-2)15(12,13)6(7,8)9/h5,11H,3-4H2,1-2H3. The normalized spacial score (nSPS) is 15.7. The maximum absolute atomic E-state index is 12.0. The SMILES string of the molecule is COCC(O)CN(C)S(=O)(=O)C(F)(F)F. The maximum atomic E-state index is 12.0. The van der Waals surface area contributed by atoms with E-state index in [-0.39, 0.29) is 10.9 Å². The Labute approximate surface area is 85.5 Å². The average Bonchev–Trinajstić information content (AvgIpc) is 2.02. The van der Waals surface area contributed by atoms with Gasteiger partial charge in [0.05, 0.1) is 12.7 Å². The van der Waals surface area contributed by atoms with Crippen molar-refractivity contribution in [3.8, 4) is 0 Å². The Balaban J connectivity index is 4.53. The molecule has 0 aliphatic heterocycles. The van der Waals surface area contributed by atoms with Gasteiger partial charge >= 0.3 is 15.5 Å². The summed E-state index contributed by atoms with van der Waals surface area (Å²) in [7, 11) is -3.40. The average molecular weight is 251 g/mol. The molecule has 0 radical (unpaired) electrons. The van der Waals surface area contributed by atoms with Crippen LogP contribution >= 0.6 is 0 Å². The molecule has 0 heterocycles. The Hall–Kier alpha value is -0.380. The van der Waals surface area contributed by atoms with Gasteiger partial charge in [0.2, 0.25) is 0 Å². The Morgan fingerprint density at radius 3 is 2.27 bits per heavy atom. The number of ether oxygens (including phenoxy) is 1. The largest absolute Gasteiger partial charge is 0.511 e. The molecular formula is C6H12F3NO4S. The highest BCUT2D eigenvalue weighted by molar-refractivity contribution is 7.89. The summed E-state index contributed by atoms with van der Waals surface area (Å²) in [6.07, 6.45) is -1.29. The molecule has 15 heavy (non-hydrogen) atoms. The number of halogens is 3. The van der Waals surface area contributed by atoms with Crippen molar-refractivity contribution >= 4 is 10.0 Å². The van der Waals surface area contributed by atoms with Gasteiger partial charge in [-0.2, -0.15) is 17.5 Å². The van der Waals surface area contributed by atoms with Crippen LogP contribution in [0.5, 0.6) is 0 Å². The third-order valence-corrected chi connectivity index (χ3v) is 3.08. The van der Waals surface area contributed by atoms with Crippen LogP contribution in [-0.4, -0.2) is 56.8 Å². The van der Waals surface area contributed by atoms with Crippen LogP contribution in [0.4, 0.5) is 13.2 Å². The topological polar surface area (TPSA) is 66.8 Å².